The maximum absolute atomic E-state index is 14.9. The first-order chi connectivity index (χ1) is 24.5. The second kappa shape index (κ2) is 18.3. The number of unbranched alkanes of at least 4 members (excludes halogenated alkanes) is 2. The Labute approximate surface area is 324 Å². The molecule has 0 radical (unpaired) electrons. The highest BCUT2D eigenvalue weighted by Crippen LogP contribution is 2.44. The number of hydrogen-bond donors (Lipinski definition) is 0. The number of Topliss-reactive ketones (excluding diaryl/α,β-unsaturated/α-hetero) is 2. The monoisotopic (exact) mass is 734 g/mol. The quantitative estimate of drug-likeness (QED) is 0.0848. The second-order valence-corrected chi connectivity index (χ2v) is 18.2. The third-order valence-corrected chi connectivity index (χ3v) is 13.3. The van der Waals surface area contributed by atoms with Crippen LogP contribution >= 0.6 is 23.5 Å². The third kappa shape index (κ3) is 9.91. The minimum atomic E-state index is -0.297. The zero-order chi connectivity index (χ0) is 38.4. The molecule has 0 aliphatic heterocycles. The highest BCUT2D eigenvalue weighted by molar-refractivity contribution is 8.01. The molecule has 3 atom stereocenters. The van der Waals surface area contributed by atoms with Crippen molar-refractivity contribution in [3.63, 3.8) is 0 Å². The molecule has 0 aliphatic carbocycles. The summed E-state index contributed by atoms with van der Waals surface area (Å²) < 4.78 is 0. The van der Waals surface area contributed by atoms with Gasteiger partial charge in [0.05, 0.1) is 10.5 Å². The van der Waals surface area contributed by atoms with E-state index in [1.807, 2.05) is 11.8 Å². The number of aryl methyl sites for hydroxylation is 12. The molecule has 0 saturated carbocycles. The van der Waals surface area contributed by atoms with Gasteiger partial charge in [-0.3, -0.25) is 9.59 Å². The van der Waals surface area contributed by atoms with Gasteiger partial charge in [0.15, 0.2) is 11.6 Å². The molecule has 0 bridgehead atoms. The van der Waals surface area contributed by atoms with Gasteiger partial charge < -0.3 is 0 Å². The third-order valence-electron chi connectivity index (χ3n) is 10.5. The molecule has 4 rings (SSSR count). The number of rotatable bonds is 16. The van der Waals surface area contributed by atoms with Gasteiger partial charge in [0.1, 0.15) is 0 Å². The summed E-state index contributed by atoms with van der Waals surface area (Å²) in [6, 6.07) is 17.5. The van der Waals surface area contributed by atoms with E-state index in [1.165, 1.54) is 50.9 Å². The number of hydrogen-bond acceptors (Lipinski definition) is 4. The van der Waals surface area contributed by atoms with Crippen molar-refractivity contribution in [3.05, 3.63) is 138 Å². The summed E-state index contributed by atoms with van der Waals surface area (Å²) in [5, 5.41) is -0.314. The fraction of sp³-hybridized carbons (Fsp3) is 0.458. The van der Waals surface area contributed by atoms with Gasteiger partial charge in [0.2, 0.25) is 0 Å². The maximum atomic E-state index is 14.9. The predicted octanol–water partition coefficient (Wildman–Crippen LogP) is 13.7. The van der Waals surface area contributed by atoms with E-state index in [0.29, 0.717) is 0 Å². The zero-order valence-electron chi connectivity index (χ0n) is 34.2. The van der Waals surface area contributed by atoms with Crippen molar-refractivity contribution in [1.29, 1.82) is 0 Å². The molecule has 3 unspecified atom stereocenters. The topological polar surface area (TPSA) is 34.1 Å². The molecule has 278 valence electrons. The molecular weight excluding hydrogens is 673 g/mol. The van der Waals surface area contributed by atoms with E-state index in [-0.39, 0.29) is 27.3 Å². The summed E-state index contributed by atoms with van der Waals surface area (Å²) >= 11 is 3.67. The summed E-state index contributed by atoms with van der Waals surface area (Å²) in [4.78, 5) is 29.6. The Morgan fingerprint density at radius 1 is 0.481 bits per heavy atom. The van der Waals surface area contributed by atoms with Gasteiger partial charge >= 0.3 is 0 Å². The van der Waals surface area contributed by atoms with E-state index in [2.05, 4.69) is 139 Å². The summed E-state index contributed by atoms with van der Waals surface area (Å²) in [5.41, 5.74) is 17.8. The van der Waals surface area contributed by atoms with Crippen LogP contribution in [-0.4, -0.2) is 22.6 Å². The molecule has 0 saturated heterocycles. The van der Waals surface area contributed by atoms with Crippen molar-refractivity contribution in [1.82, 2.24) is 0 Å². The molecule has 52 heavy (non-hydrogen) atoms. The minimum absolute atomic E-state index is 0.203. The van der Waals surface area contributed by atoms with Gasteiger partial charge in [0.25, 0.3) is 0 Å². The number of thioether (sulfide) groups is 2. The van der Waals surface area contributed by atoms with Crippen LogP contribution < -0.4 is 0 Å². The summed E-state index contributed by atoms with van der Waals surface area (Å²) in [7, 11) is 0. The van der Waals surface area contributed by atoms with Crippen LogP contribution in [0.4, 0.5) is 0 Å². The molecule has 0 aromatic heterocycles. The van der Waals surface area contributed by atoms with Crippen LogP contribution in [0.2, 0.25) is 0 Å². The van der Waals surface area contributed by atoms with Gasteiger partial charge in [-0.25, -0.2) is 0 Å². The largest absolute Gasteiger partial charge is 0.293 e. The van der Waals surface area contributed by atoms with E-state index in [9.17, 15) is 9.59 Å². The standard InChI is InChI=1S/C48H62O2S2/c1-14-15-16-17-40(52-48(44-38(12)26-31(5)27-39(44)13)46(50)42-34(8)22-29(3)23-35(42)9)18-19-51-47(43-36(10)24-30(4)25-37(43)11)45(49)41-32(6)20-28(2)21-33(41)7/h20-27,40,47-48H,14-19H2,1-13H3. The Morgan fingerprint density at radius 2 is 0.827 bits per heavy atom. The minimum Gasteiger partial charge on any atom is -0.293 e. The number of carbonyl (C=O) groups excluding carboxylic acids is 2. The SMILES string of the molecule is CCCCCC(CCSC(C(=O)c1c(C)cc(C)cc1C)c1c(C)cc(C)cc1C)SC(C(=O)c1c(C)cc(C)cc1C)c1c(C)cc(C)cc1C. The van der Waals surface area contributed by atoms with Crippen LogP contribution in [0, 0.1) is 83.1 Å². The van der Waals surface area contributed by atoms with Crippen molar-refractivity contribution in [3.8, 4) is 0 Å². The molecule has 0 spiro atoms. The molecule has 0 fully saturated rings. The molecule has 0 heterocycles. The second-order valence-electron chi connectivity index (χ2n) is 15.6. The summed E-state index contributed by atoms with van der Waals surface area (Å²) in [6.45, 7) is 27.7. The molecule has 4 aromatic carbocycles. The first-order valence-corrected chi connectivity index (χ1v) is 21.2. The molecule has 0 N–H and O–H groups in total. The molecule has 0 amide bonds. The number of ketones is 2. The van der Waals surface area contributed by atoms with Crippen LogP contribution in [0.1, 0.15) is 148 Å². The number of benzene rings is 4. The Balaban J connectivity index is 1.74. The van der Waals surface area contributed by atoms with Crippen molar-refractivity contribution in [2.75, 3.05) is 5.75 Å². The summed E-state index contributed by atoms with van der Waals surface area (Å²) in [6.07, 6.45) is 5.45. The predicted molar refractivity (Wildman–Crippen MR) is 229 cm³/mol. The number of carbonyl (C=O) groups is 2. The lowest BCUT2D eigenvalue weighted by Crippen LogP contribution is -2.20. The zero-order valence-corrected chi connectivity index (χ0v) is 35.9. The Morgan fingerprint density at radius 3 is 1.21 bits per heavy atom. The fourth-order valence-electron chi connectivity index (χ4n) is 8.57. The van der Waals surface area contributed by atoms with Crippen LogP contribution in [0.25, 0.3) is 0 Å². The summed E-state index contributed by atoms with van der Waals surface area (Å²) in [5.74, 6) is 1.26. The Kier molecular flexibility index (Phi) is 14.7. The lowest BCUT2D eigenvalue weighted by Gasteiger charge is -2.28. The van der Waals surface area contributed by atoms with Crippen LogP contribution in [0.5, 0.6) is 0 Å². The average molecular weight is 735 g/mol. The van der Waals surface area contributed by atoms with Crippen molar-refractivity contribution in [2.24, 2.45) is 0 Å². The normalized spacial score (nSPS) is 13.2. The van der Waals surface area contributed by atoms with E-state index < -0.39 is 0 Å². The van der Waals surface area contributed by atoms with Gasteiger partial charge in [-0.05, 0) is 157 Å². The van der Waals surface area contributed by atoms with Crippen LogP contribution in [0.3, 0.4) is 0 Å². The Bertz CT molecular complexity index is 1840. The fourth-order valence-corrected chi connectivity index (χ4v) is 11.9. The molecule has 4 aromatic rings. The molecular formula is C48H62O2S2. The molecule has 2 nitrogen and oxygen atoms in total. The first kappa shape index (κ1) is 41.7. The first-order valence-electron chi connectivity index (χ1n) is 19.2. The Hall–Kier alpha value is -3.08. The van der Waals surface area contributed by atoms with E-state index in [1.54, 1.807) is 11.8 Å². The molecule has 0 aliphatic rings. The van der Waals surface area contributed by atoms with Gasteiger partial charge in [-0.15, -0.1) is 23.5 Å². The lowest BCUT2D eigenvalue weighted by molar-refractivity contribution is 0.0979. The van der Waals surface area contributed by atoms with Gasteiger partial charge in [0, 0.05) is 16.4 Å². The van der Waals surface area contributed by atoms with Crippen LogP contribution in [-0.2, 0) is 0 Å². The maximum Gasteiger partial charge on any atom is 0.180 e. The van der Waals surface area contributed by atoms with E-state index in [4.69, 9.17) is 0 Å². The van der Waals surface area contributed by atoms with Gasteiger partial charge in [-0.2, -0.15) is 0 Å². The smallest absolute Gasteiger partial charge is 0.180 e. The highest BCUT2D eigenvalue weighted by atomic mass is 32.2. The van der Waals surface area contributed by atoms with Crippen molar-refractivity contribution >= 4 is 35.1 Å². The average Bonchev–Trinajstić information content (AvgIpc) is 3.01. The van der Waals surface area contributed by atoms with Crippen molar-refractivity contribution in [2.45, 2.75) is 138 Å². The van der Waals surface area contributed by atoms with Crippen molar-refractivity contribution < 1.29 is 9.59 Å². The van der Waals surface area contributed by atoms with E-state index >= 15 is 0 Å². The lowest BCUT2D eigenvalue weighted by atomic mass is 9.89. The highest BCUT2D eigenvalue weighted by Gasteiger charge is 2.32. The van der Waals surface area contributed by atoms with Gasteiger partial charge in [-0.1, -0.05) is 97.0 Å². The van der Waals surface area contributed by atoms with E-state index in [0.717, 1.165) is 75.9 Å². The van der Waals surface area contributed by atoms with Crippen LogP contribution in [0.15, 0.2) is 48.5 Å². The molecule has 4 heteroatoms.